The Morgan fingerprint density at radius 2 is 1.96 bits per heavy atom. The van der Waals surface area contributed by atoms with Crippen LogP contribution >= 0.6 is 11.8 Å². The monoisotopic (exact) mass is 385 g/mol. The third-order valence-electron chi connectivity index (χ3n) is 4.11. The molecule has 0 atom stereocenters. The average Bonchev–Trinajstić information content (AvgIpc) is 3.06. The zero-order valence-corrected chi connectivity index (χ0v) is 16.0. The predicted molar refractivity (Wildman–Crippen MR) is 104 cm³/mol. The summed E-state index contributed by atoms with van der Waals surface area (Å²) in [5.74, 6) is 1.96. The molecule has 0 aliphatic heterocycles. The molecule has 1 heterocycles. The van der Waals surface area contributed by atoms with Gasteiger partial charge in [-0.1, -0.05) is 23.9 Å². The van der Waals surface area contributed by atoms with Crippen molar-refractivity contribution in [2.45, 2.75) is 18.0 Å². The van der Waals surface area contributed by atoms with Gasteiger partial charge in [0.15, 0.2) is 16.8 Å². The molecule has 0 aliphatic carbocycles. The first-order valence-electron chi connectivity index (χ1n) is 8.54. The summed E-state index contributed by atoms with van der Waals surface area (Å²) in [7, 11) is 3.55. The number of carbonyl (C=O) groups is 1. The number of hydrogen-bond acceptors (Lipinski definition) is 5. The van der Waals surface area contributed by atoms with E-state index >= 15 is 0 Å². The summed E-state index contributed by atoms with van der Waals surface area (Å²) in [5, 5.41) is 9.30. The predicted octanol–water partition coefficient (Wildman–Crippen LogP) is 4.39. The third-order valence-corrected chi connectivity index (χ3v) is 5.21. The molecule has 0 unspecified atom stereocenters. The number of thioether (sulfide) groups is 1. The van der Waals surface area contributed by atoms with E-state index in [4.69, 9.17) is 4.74 Å². The van der Waals surface area contributed by atoms with Gasteiger partial charge in [-0.2, -0.15) is 0 Å². The van der Waals surface area contributed by atoms with Gasteiger partial charge in [0.25, 0.3) is 0 Å². The number of halogens is 1. The second-order valence-corrected chi connectivity index (χ2v) is 7.04. The van der Waals surface area contributed by atoms with Crippen molar-refractivity contribution in [3.63, 3.8) is 0 Å². The zero-order chi connectivity index (χ0) is 19.2. The number of ether oxygens (including phenoxy) is 1. The number of ketones is 1. The molecule has 2 aromatic carbocycles. The maximum Gasteiger partial charge on any atom is 0.191 e. The van der Waals surface area contributed by atoms with E-state index < -0.39 is 0 Å². The SMILES string of the molecule is COc1cccc(-c2nnc(SCCCC(=O)c3ccc(F)cc3)n2C)c1. The Kier molecular flexibility index (Phi) is 6.24. The molecule has 1 aromatic heterocycles. The van der Waals surface area contributed by atoms with E-state index in [0.29, 0.717) is 18.4 Å². The van der Waals surface area contributed by atoms with Gasteiger partial charge >= 0.3 is 0 Å². The highest BCUT2D eigenvalue weighted by molar-refractivity contribution is 7.99. The Labute approximate surface area is 161 Å². The number of carbonyl (C=O) groups excluding carboxylic acids is 1. The standard InChI is InChI=1S/C20H20FN3O2S/c1-24-19(15-5-3-6-17(13-15)26-2)22-23-20(24)27-12-4-7-18(25)14-8-10-16(21)11-9-14/h3,5-6,8-11,13H,4,7,12H2,1-2H3. The van der Waals surface area contributed by atoms with E-state index in [9.17, 15) is 9.18 Å². The van der Waals surface area contributed by atoms with Crippen LogP contribution in [-0.4, -0.2) is 33.4 Å². The van der Waals surface area contributed by atoms with Crippen molar-refractivity contribution in [3.8, 4) is 17.1 Å². The lowest BCUT2D eigenvalue weighted by Crippen LogP contribution is -2.00. The second kappa shape index (κ2) is 8.81. The highest BCUT2D eigenvalue weighted by Crippen LogP contribution is 2.26. The van der Waals surface area contributed by atoms with Gasteiger partial charge in [-0.15, -0.1) is 10.2 Å². The van der Waals surface area contributed by atoms with Gasteiger partial charge in [-0.3, -0.25) is 4.79 Å². The van der Waals surface area contributed by atoms with Crippen LogP contribution in [0.15, 0.2) is 53.7 Å². The van der Waals surface area contributed by atoms with Crippen LogP contribution in [0.1, 0.15) is 23.2 Å². The minimum atomic E-state index is -0.337. The van der Waals surface area contributed by atoms with E-state index in [1.807, 2.05) is 35.9 Å². The minimum absolute atomic E-state index is 0.0191. The van der Waals surface area contributed by atoms with Crippen molar-refractivity contribution in [2.75, 3.05) is 12.9 Å². The zero-order valence-electron chi connectivity index (χ0n) is 15.2. The lowest BCUT2D eigenvalue weighted by Gasteiger charge is -2.05. The number of aromatic nitrogens is 3. The molecule has 0 radical (unpaired) electrons. The summed E-state index contributed by atoms with van der Waals surface area (Å²) in [4.78, 5) is 12.1. The molecule has 0 amide bonds. The lowest BCUT2D eigenvalue weighted by molar-refractivity contribution is 0.0982. The van der Waals surface area contributed by atoms with Crippen molar-refractivity contribution in [3.05, 3.63) is 59.9 Å². The van der Waals surface area contributed by atoms with Gasteiger partial charge in [-0.25, -0.2) is 4.39 Å². The average molecular weight is 385 g/mol. The van der Waals surface area contributed by atoms with Crippen LogP contribution in [0.5, 0.6) is 5.75 Å². The van der Waals surface area contributed by atoms with Crippen LogP contribution in [0.4, 0.5) is 4.39 Å². The Balaban J connectivity index is 1.55. The molecule has 0 saturated carbocycles. The summed E-state index contributed by atoms with van der Waals surface area (Å²) in [6.45, 7) is 0. The minimum Gasteiger partial charge on any atom is -0.497 e. The number of nitrogens with zero attached hydrogens (tertiary/aromatic N) is 3. The number of hydrogen-bond donors (Lipinski definition) is 0. The largest absolute Gasteiger partial charge is 0.497 e. The molecule has 140 valence electrons. The topological polar surface area (TPSA) is 57.0 Å². The van der Waals surface area contributed by atoms with E-state index in [2.05, 4.69) is 10.2 Å². The Morgan fingerprint density at radius 3 is 2.70 bits per heavy atom. The fraction of sp³-hybridized carbons (Fsp3) is 0.250. The van der Waals surface area contributed by atoms with Crippen LogP contribution in [0.2, 0.25) is 0 Å². The molecule has 5 nitrogen and oxygen atoms in total. The van der Waals surface area contributed by atoms with Crippen molar-refractivity contribution < 1.29 is 13.9 Å². The van der Waals surface area contributed by atoms with Crippen molar-refractivity contribution >= 4 is 17.5 Å². The van der Waals surface area contributed by atoms with Crippen LogP contribution in [0.3, 0.4) is 0 Å². The molecule has 0 N–H and O–H groups in total. The van der Waals surface area contributed by atoms with Gasteiger partial charge in [0, 0.05) is 30.3 Å². The maximum absolute atomic E-state index is 12.9. The highest BCUT2D eigenvalue weighted by atomic mass is 32.2. The molecule has 0 fully saturated rings. The molecule has 7 heteroatoms. The van der Waals surface area contributed by atoms with Gasteiger partial charge in [0.2, 0.25) is 0 Å². The van der Waals surface area contributed by atoms with Crippen molar-refractivity contribution in [1.29, 1.82) is 0 Å². The molecule has 3 rings (SSSR count). The van der Waals surface area contributed by atoms with Crippen LogP contribution in [-0.2, 0) is 7.05 Å². The summed E-state index contributed by atoms with van der Waals surface area (Å²) < 4.78 is 20.1. The quantitative estimate of drug-likeness (QED) is 0.327. The molecule has 0 saturated heterocycles. The fourth-order valence-electron chi connectivity index (χ4n) is 2.63. The van der Waals surface area contributed by atoms with E-state index in [1.54, 1.807) is 18.9 Å². The second-order valence-electron chi connectivity index (χ2n) is 5.98. The summed E-state index contributed by atoms with van der Waals surface area (Å²) >= 11 is 1.56. The van der Waals surface area contributed by atoms with Crippen molar-refractivity contribution in [2.24, 2.45) is 7.05 Å². The van der Waals surface area contributed by atoms with Gasteiger partial charge in [0.1, 0.15) is 11.6 Å². The summed E-state index contributed by atoms with van der Waals surface area (Å²) in [6, 6.07) is 13.3. The molecular weight excluding hydrogens is 365 g/mol. The van der Waals surface area contributed by atoms with Crippen LogP contribution < -0.4 is 4.74 Å². The third kappa shape index (κ3) is 4.74. The first kappa shape index (κ1) is 19.1. The fourth-order valence-corrected chi connectivity index (χ4v) is 3.48. The normalized spacial score (nSPS) is 10.8. The first-order chi connectivity index (χ1) is 13.1. The maximum atomic E-state index is 12.9. The Bertz CT molecular complexity index is 925. The lowest BCUT2D eigenvalue weighted by atomic mass is 10.1. The van der Waals surface area contributed by atoms with Gasteiger partial charge < -0.3 is 9.30 Å². The van der Waals surface area contributed by atoms with E-state index in [0.717, 1.165) is 28.0 Å². The van der Waals surface area contributed by atoms with Crippen LogP contribution in [0.25, 0.3) is 11.4 Å². The summed E-state index contributed by atoms with van der Waals surface area (Å²) in [6.07, 6.45) is 1.13. The number of benzene rings is 2. The number of methoxy groups -OCH3 is 1. The van der Waals surface area contributed by atoms with E-state index in [1.165, 1.54) is 24.3 Å². The Hall–Kier alpha value is -2.67. The highest BCUT2D eigenvalue weighted by Gasteiger charge is 2.12. The van der Waals surface area contributed by atoms with Gasteiger partial charge in [-0.05, 0) is 42.8 Å². The molecule has 0 spiro atoms. The van der Waals surface area contributed by atoms with E-state index in [-0.39, 0.29) is 11.6 Å². The molecular formula is C20H20FN3O2S. The molecule has 0 bridgehead atoms. The number of rotatable bonds is 8. The number of Topliss-reactive ketones (excluding diaryl/α,β-unsaturated/α-hetero) is 1. The van der Waals surface area contributed by atoms with Crippen LogP contribution in [0, 0.1) is 5.82 Å². The smallest absolute Gasteiger partial charge is 0.191 e. The first-order valence-corrected chi connectivity index (χ1v) is 9.52. The summed E-state index contributed by atoms with van der Waals surface area (Å²) in [5.41, 5.74) is 1.48. The molecule has 27 heavy (non-hydrogen) atoms. The molecule has 3 aromatic rings. The molecule has 0 aliphatic rings. The van der Waals surface area contributed by atoms with Crippen molar-refractivity contribution in [1.82, 2.24) is 14.8 Å². The Morgan fingerprint density at radius 1 is 1.19 bits per heavy atom. The van der Waals surface area contributed by atoms with Gasteiger partial charge in [0.05, 0.1) is 7.11 Å².